The average Bonchev–Trinajstić information content (AvgIpc) is 2.91. The Bertz CT molecular complexity index is 705. The largest absolute Gasteiger partial charge is 0.485 e. The lowest BCUT2D eigenvalue weighted by Crippen LogP contribution is -2.19. The van der Waals surface area contributed by atoms with Crippen molar-refractivity contribution < 1.29 is 14.3 Å². The number of ketones is 1. The number of Topliss-reactive ketones (excluding diaryl/α,β-unsaturated/α-hetero) is 1. The van der Waals surface area contributed by atoms with Crippen LogP contribution in [0.4, 0.5) is 5.69 Å². The quantitative estimate of drug-likeness (QED) is 0.882. The predicted octanol–water partition coefficient (Wildman–Crippen LogP) is 3.20. The third-order valence-electron chi connectivity index (χ3n) is 3.36. The first kappa shape index (κ1) is 13.8. The van der Waals surface area contributed by atoms with E-state index in [1.807, 2.05) is 31.2 Å². The third kappa shape index (κ3) is 3.13. The Hall–Kier alpha value is -2.14. The Kier molecular flexibility index (Phi) is 3.75. The summed E-state index contributed by atoms with van der Waals surface area (Å²) in [5, 5.41) is 2.82. The Balaban J connectivity index is 1.66. The van der Waals surface area contributed by atoms with Crippen LogP contribution in [0, 0.1) is 6.92 Å². The fraction of sp³-hybridized carbons (Fsp3) is 0.250. The van der Waals surface area contributed by atoms with Crippen molar-refractivity contribution in [3.63, 3.8) is 0 Å². The van der Waals surface area contributed by atoms with Gasteiger partial charge in [-0.25, -0.2) is 0 Å². The van der Waals surface area contributed by atoms with Crippen LogP contribution in [-0.4, -0.2) is 18.3 Å². The smallest absolute Gasteiger partial charge is 0.224 e. The molecule has 0 atom stereocenters. The van der Waals surface area contributed by atoms with Crippen molar-refractivity contribution in [1.82, 2.24) is 0 Å². The molecule has 0 saturated heterocycles. The van der Waals surface area contributed by atoms with Crippen LogP contribution < -0.4 is 10.1 Å². The molecule has 2 aromatic rings. The van der Waals surface area contributed by atoms with E-state index in [1.54, 1.807) is 6.07 Å². The number of anilines is 1. The summed E-state index contributed by atoms with van der Waals surface area (Å²) in [6.45, 7) is 2.01. The molecule has 1 aromatic heterocycles. The van der Waals surface area contributed by atoms with Gasteiger partial charge in [-0.15, -0.1) is 11.3 Å². The zero-order valence-electron chi connectivity index (χ0n) is 11.6. The van der Waals surface area contributed by atoms with Gasteiger partial charge in [0.15, 0.2) is 6.61 Å². The van der Waals surface area contributed by atoms with Gasteiger partial charge in [0.1, 0.15) is 5.75 Å². The van der Waals surface area contributed by atoms with E-state index < -0.39 is 0 Å². The number of aryl methyl sites for hydroxylation is 2. The molecule has 3 rings (SSSR count). The van der Waals surface area contributed by atoms with E-state index in [1.165, 1.54) is 11.3 Å². The summed E-state index contributed by atoms with van der Waals surface area (Å²) in [6, 6.07) is 9.24. The van der Waals surface area contributed by atoms with E-state index in [4.69, 9.17) is 4.74 Å². The highest BCUT2D eigenvalue weighted by Crippen LogP contribution is 2.27. The molecule has 0 fully saturated rings. The number of rotatable bonds is 4. The van der Waals surface area contributed by atoms with Crippen LogP contribution >= 0.6 is 11.3 Å². The van der Waals surface area contributed by atoms with Crippen LogP contribution in [0.2, 0.25) is 0 Å². The minimum atomic E-state index is -0.0147. The second kappa shape index (κ2) is 5.69. The molecule has 0 saturated carbocycles. The first-order chi connectivity index (χ1) is 10.1. The van der Waals surface area contributed by atoms with Crippen molar-refractivity contribution in [1.29, 1.82) is 0 Å². The molecule has 1 aliphatic heterocycles. The second-order valence-corrected chi connectivity index (χ2v) is 6.28. The highest BCUT2D eigenvalue weighted by Gasteiger charge is 2.15. The molecule has 0 unspecified atom stereocenters. The van der Waals surface area contributed by atoms with E-state index in [9.17, 15) is 9.59 Å². The second-order valence-electron chi connectivity index (χ2n) is 4.99. The van der Waals surface area contributed by atoms with E-state index in [-0.39, 0.29) is 18.3 Å². The summed E-state index contributed by atoms with van der Waals surface area (Å²) < 4.78 is 5.57. The SMILES string of the molecule is Cc1ccc(C(=O)COc2ccc3c(c2)CCC(=O)N3)s1. The molecule has 0 spiro atoms. The maximum atomic E-state index is 12.0. The zero-order chi connectivity index (χ0) is 14.8. The lowest BCUT2D eigenvalue weighted by molar-refractivity contribution is -0.116. The summed E-state index contributed by atoms with van der Waals surface area (Å²) in [4.78, 5) is 25.1. The predicted molar refractivity (Wildman–Crippen MR) is 82.3 cm³/mol. The number of ether oxygens (including phenoxy) is 1. The summed E-state index contributed by atoms with van der Waals surface area (Å²) >= 11 is 1.48. The molecule has 4 nitrogen and oxygen atoms in total. The van der Waals surface area contributed by atoms with E-state index in [0.29, 0.717) is 18.6 Å². The zero-order valence-corrected chi connectivity index (χ0v) is 12.5. The number of nitrogens with one attached hydrogen (secondary N) is 1. The Morgan fingerprint density at radius 3 is 2.90 bits per heavy atom. The normalized spacial score (nSPS) is 13.5. The fourth-order valence-corrected chi connectivity index (χ4v) is 3.05. The monoisotopic (exact) mass is 301 g/mol. The van der Waals surface area contributed by atoms with Gasteiger partial charge in [0.05, 0.1) is 4.88 Å². The van der Waals surface area contributed by atoms with Gasteiger partial charge in [-0.2, -0.15) is 0 Å². The summed E-state index contributed by atoms with van der Waals surface area (Å²) in [5.74, 6) is 0.685. The highest BCUT2D eigenvalue weighted by molar-refractivity contribution is 7.14. The van der Waals surface area contributed by atoms with Crippen molar-refractivity contribution in [3.8, 4) is 5.75 Å². The van der Waals surface area contributed by atoms with Gasteiger partial charge in [0.2, 0.25) is 11.7 Å². The maximum Gasteiger partial charge on any atom is 0.224 e. The first-order valence-corrected chi connectivity index (χ1v) is 7.59. The number of benzene rings is 1. The van der Waals surface area contributed by atoms with Crippen LogP contribution in [-0.2, 0) is 11.2 Å². The van der Waals surface area contributed by atoms with E-state index in [2.05, 4.69) is 5.32 Å². The lowest BCUT2D eigenvalue weighted by atomic mass is 10.0. The van der Waals surface area contributed by atoms with Gasteiger partial charge in [-0.1, -0.05) is 0 Å². The molecule has 0 bridgehead atoms. The van der Waals surface area contributed by atoms with Crippen molar-refractivity contribution in [2.75, 3.05) is 11.9 Å². The van der Waals surface area contributed by atoms with Gasteiger partial charge in [0, 0.05) is 17.0 Å². The number of hydrogen-bond acceptors (Lipinski definition) is 4. The standard InChI is InChI=1S/C16H15NO3S/c1-10-2-6-15(21-10)14(18)9-20-12-4-5-13-11(8-12)3-7-16(19)17-13/h2,4-6,8H,3,7,9H2,1H3,(H,17,19). The number of amides is 1. The molecule has 21 heavy (non-hydrogen) atoms. The van der Waals surface area contributed by atoms with E-state index >= 15 is 0 Å². The van der Waals surface area contributed by atoms with Crippen LogP contribution in [0.1, 0.15) is 26.5 Å². The molecule has 1 amide bonds. The number of carbonyl (C=O) groups excluding carboxylic acids is 2. The molecule has 1 aliphatic rings. The number of thiophene rings is 1. The molecule has 0 aliphatic carbocycles. The van der Waals surface area contributed by atoms with Gasteiger partial charge in [-0.05, 0) is 49.2 Å². The number of fused-ring (bicyclic) bond motifs is 1. The molecule has 1 N–H and O–H groups in total. The molecule has 108 valence electrons. The molecule has 2 heterocycles. The summed E-state index contributed by atoms with van der Waals surface area (Å²) in [7, 11) is 0. The van der Waals surface area contributed by atoms with Crippen molar-refractivity contribution in [3.05, 3.63) is 45.6 Å². The van der Waals surface area contributed by atoms with Crippen molar-refractivity contribution >= 4 is 28.7 Å². The third-order valence-corrected chi connectivity index (χ3v) is 4.40. The molecule has 1 aromatic carbocycles. The van der Waals surface area contributed by atoms with Crippen molar-refractivity contribution in [2.24, 2.45) is 0 Å². The highest BCUT2D eigenvalue weighted by atomic mass is 32.1. The van der Waals surface area contributed by atoms with Crippen LogP contribution in [0.15, 0.2) is 30.3 Å². The van der Waals surface area contributed by atoms with E-state index in [0.717, 1.165) is 21.0 Å². The minimum absolute atomic E-state index is 0.0147. The van der Waals surface area contributed by atoms with Gasteiger partial charge in [0.25, 0.3) is 0 Å². The fourth-order valence-electron chi connectivity index (χ4n) is 2.25. The topological polar surface area (TPSA) is 55.4 Å². The Labute approximate surface area is 126 Å². The Morgan fingerprint density at radius 2 is 2.14 bits per heavy atom. The molecular formula is C16H15NO3S. The van der Waals surface area contributed by atoms with Crippen LogP contribution in [0.3, 0.4) is 0 Å². The molecule has 5 heteroatoms. The minimum Gasteiger partial charge on any atom is -0.485 e. The number of hydrogen-bond donors (Lipinski definition) is 1. The van der Waals surface area contributed by atoms with Crippen LogP contribution in [0.5, 0.6) is 5.75 Å². The van der Waals surface area contributed by atoms with Gasteiger partial charge >= 0.3 is 0 Å². The van der Waals surface area contributed by atoms with Crippen molar-refractivity contribution in [2.45, 2.75) is 19.8 Å². The van der Waals surface area contributed by atoms with Gasteiger partial charge in [-0.3, -0.25) is 9.59 Å². The Morgan fingerprint density at radius 1 is 1.29 bits per heavy atom. The summed E-state index contributed by atoms with van der Waals surface area (Å²) in [6.07, 6.45) is 1.19. The number of carbonyl (C=O) groups is 2. The maximum absolute atomic E-state index is 12.0. The first-order valence-electron chi connectivity index (χ1n) is 6.77. The van der Waals surface area contributed by atoms with Crippen LogP contribution in [0.25, 0.3) is 0 Å². The average molecular weight is 301 g/mol. The molecule has 0 radical (unpaired) electrons. The summed E-state index contributed by atoms with van der Waals surface area (Å²) in [5.41, 5.74) is 1.88. The lowest BCUT2D eigenvalue weighted by Gasteiger charge is -2.17. The molecular weight excluding hydrogens is 286 g/mol. The van der Waals surface area contributed by atoms with Gasteiger partial charge < -0.3 is 10.1 Å².